The van der Waals surface area contributed by atoms with Crippen LogP contribution in [0.1, 0.15) is 17.5 Å². The number of hydrogen-bond acceptors (Lipinski definition) is 3. The molecule has 17 heavy (non-hydrogen) atoms. The molecule has 1 unspecified atom stereocenters. The van der Waals surface area contributed by atoms with E-state index in [2.05, 4.69) is 12.2 Å². The van der Waals surface area contributed by atoms with Gasteiger partial charge in [-0.3, -0.25) is 0 Å². The van der Waals surface area contributed by atoms with Crippen molar-refractivity contribution in [1.82, 2.24) is 0 Å². The Hall–Kier alpha value is -2.00. The number of rotatable bonds is 2. The first-order valence-corrected chi connectivity index (χ1v) is 5.63. The van der Waals surface area contributed by atoms with E-state index in [1.807, 2.05) is 30.3 Å². The summed E-state index contributed by atoms with van der Waals surface area (Å²) in [5, 5.41) is 0. The van der Waals surface area contributed by atoms with Crippen molar-refractivity contribution < 1.29 is 0 Å². The molecule has 1 atom stereocenters. The largest absolute Gasteiger partial charge is 0.403 e. The Morgan fingerprint density at radius 3 is 2.47 bits per heavy atom. The minimum absolute atomic E-state index is 0.147. The van der Waals surface area contributed by atoms with Gasteiger partial charge in [0.2, 0.25) is 0 Å². The average Bonchev–Trinajstić information content (AvgIpc) is 2.39. The Labute approximate surface area is 101 Å². The van der Waals surface area contributed by atoms with Gasteiger partial charge in [-0.05, 0) is 23.1 Å². The Bertz CT molecular complexity index is 481. The molecule has 0 radical (unpaired) electrons. The smallest absolute Gasteiger partial charge is 0.0545 e. The highest BCUT2D eigenvalue weighted by Crippen LogP contribution is 2.22. The molecule has 1 aromatic rings. The molecule has 3 nitrogen and oxygen atoms in total. The molecule has 6 N–H and O–H groups in total. The van der Waals surface area contributed by atoms with E-state index >= 15 is 0 Å². The van der Waals surface area contributed by atoms with E-state index < -0.39 is 0 Å². The lowest BCUT2D eigenvalue weighted by molar-refractivity contribution is 0.828. The second kappa shape index (κ2) is 4.89. The minimum atomic E-state index is 0.147. The maximum absolute atomic E-state index is 5.79. The van der Waals surface area contributed by atoms with Crippen molar-refractivity contribution in [3.05, 3.63) is 59.8 Å². The fraction of sp³-hybridized carbons (Fsp3) is 0.143. The van der Waals surface area contributed by atoms with Gasteiger partial charge in [-0.15, -0.1) is 0 Å². The van der Waals surface area contributed by atoms with Crippen LogP contribution in [0.4, 0.5) is 0 Å². The first-order valence-electron chi connectivity index (χ1n) is 5.63. The molecule has 0 aromatic heterocycles. The van der Waals surface area contributed by atoms with E-state index in [0.29, 0.717) is 5.70 Å². The molecule has 3 heteroatoms. The summed E-state index contributed by atoms with van der Waals surface area (Å²) in [6.07, 6.45) is 8.54. The molecule has 0 fully saturated rings. The zero-order chi connectivity index (χ0) is 12.3. The molecule has 1 aromatic carbocycles. The summed E-state index contributed by atoms with van der Waals surface area (Å²) in [6.45, 7) is 0. The molecule has 0 spiro atoms. The summed E-state index contributed by atoms with van der Waals surface area (Å²) >= 11 is 0. The number of allylic oxidation sites excluding steroid dienone is 2. The van der Waals surface area contributed by atoms with E-state index in [1.54, 1.807) is 0 Å². The molecule has 0 aliphatic heterocycles. The molecule has 88 valence electrons. The number of nitrogens with two attached hydrogens (primary N) is 3. The zero-order valence-electron chi connectivity index (χ0n) is 9.64. The third-order valence-electron chi connectivity index (χ3n) is 2.86. The predicted molar refractivity (Wildman–Crippen MR) is 72.5 cm³/mol. The van der Waals surface area contributed by atoms with Gasteiger partial charge in [0.05, 0.1) is 5.70 Å². The lowest BCUT2D eigenvalue weighted by Crippen LogP contribution is -2.17. The monoisotopic (exact) mass is 227 g/mol. The first kappa shape index (κ1) is 11.5. The molecule has 0 heterocycles. The average molecular weight is 227 g/mol. The van der Waals surface area contributed by atoms with Crippen LogP contribution in [0, 0.1) is 0 Å². The van der Waals surface area contributed by atoms with E-state index in [1.165, 1.54) is 17.3 Å². The van der Waals surface area contributed by atoms with Crippen molar-refractivity contribution in [2.45, 2.75) is 12.5 Å². The van der Waals surface area contributed by atoms with Crippen molar-refractivity contribution in [2.75, 3.05) is 0 Å². The second-order valence-electron chi connectivity index (χ2n) is 4.12. The molecule has 0 saturated heterocycles. The second-order valence-corrected chi connectivity index (χ2v) is 4.12. The van der Waals surface area contributed by atoms with Crippen molar-refractivity contribution in [3.63, 3.8) is 0 Å². The van der Waals surface area contributed by atoms with Gasteiger partial charge in [-0.1, -0.05) is 42.5 Å². The van der Waals surface area contributed by atoms with Gasteiger partial charge in [-0.2, -0.15) is 0 Å². The van der Waals surface area contributed by atoms with Gasteiger partial charge in [0.25, 0.3) is 0 Å². The predicted octanol–water partition coefficient (Wildman–Crippen LogP) is 1.57. The van der Waals surface area contributed by atoms with E-state index in [9.17, 15) is 0 Å². The maximum atomic E-state index is 5.79. The van der Waals surface area contributed by atoms with Crippen LogP contribution in [-0.4, -0.2) is 6.04 Å². The molecular weight excluding hydrogens is 210 g/mol. The lowest BCUT2D eigenvalue weighted by atomic mass is 9.96. The SMILES string of the molecule is N/C=C(\N)c1ccc(C2=CCC(N)C=C2)cc1. The molecule has 2 rings (SSSR count). The summed E-state index contributed by atoms with van der Waals surface area (Å²) < 4.78 is 0. The van der Waals surface area contributed by atoms with Crippen LogP contribution >= 0.6 is 0 Å². The summed E-state index contributed by atoms with van der Waals surface area (Å²) in [4.78, 5) is 0. The molecular formula is C14H17N3. The Morgan fingerprint density at radius 2 is 1.94 bits per heavy atom. The van der Waals surface area contributed by atoms with Crippen LogP contribution in [0.2, 0.25) is 0 Å². The molecule has 1 aliphatic rings. The van der Waals surface area contributed by atoms with Gasteiger partial charge in [-0.25, -0.2) is 0 Å². The molecule has 0 saturated carbocycles. The normalized spacial score (nSPS) is 20.2. The van der Waals surface area contributed by atoms with Gasteiger partial charge >= 0.3 is 0 Å². The summed E-state index contributed by atoms with van der Waals surface area (Å²) in [7, 11) is 0. The van der Waals surface area contributed by atoms with Crippen LogP contribution < -0.4 is 17.2 Å². The third-order valence-corrected chi connectivity index (χ3v) is 2.86. The highest BCUT2D eigenvalue weighted by atomic mass is 14.6. The van der Waals surface area contributed by atoms with Crippen molar-refractivity contribution in [3.8, 4) is 0 Å². The van der Waals surface area contributed by atoms with Crippen LogP contribution in [0.3, 0.4) is 0 Å². The quantitative estimate of drug-likeness (QED) is 0.717. The van der Waals surface area contributed by atoms with E-state index in [-0.39, 0.29) is 6.04 Å². The van der Waals surface area contributed by atoms with E-state index in [4.69, 9.17) is 17.2 Å². The first-order chi connectivity index (χ1) is 8.20. The standard InChI is InChI=1S/C14H17N3/c15-9-14(17)12-3-1-10(2-4-12)11-5-7-13(16)8-6-11/h1-7,9,13H,8,15-17H2/b14-9-. The van der Waals surface area contributed by atoms with Gasteiger partial charge < -0.3 is 17.2 Å². The zero-order valence-corrected chi connectivity index (χ0v) is 9.64. The maximum Gasteiger partial charge on any atom is 0.0545 e. The topological polar surface area (TPSA) is 78.1 Å². The van der Waals surface area contributed by atoms with Crippen molar-refractivity contribution >= 4 is 11.3 Å². The number of hydrogen-bond donors (Lipinski definition) is 3. The Kier molecular flexibility index (Phi) is 3.30. The van der Waals surface area contributed by atoms with Crippen molar-refractivity contribution in [2.24, 2.45) is 17.2 Å². The minimum Gasteiger partial charge on any atom is -0.403 e. The lowest BCUT2D eigenvalue weighted by Gasteiger charge is -2.12. The van der Waals surface area contributed by atoms with E-state index in [0.717, 1.165) is 12.0 Å². The number of benzene rings is 1. The Morgan fingerprint density at radius 1 is 1.24 bits per heavy atom. The van der Waals surface area contributed by atoms with Gasteiger partial charge in [0, 0.05) is 12.2 Å². The fourth-order valence-corrected chi connectivity index (χ4v) is 1.80. The highest BCUT2D eigenvalue weighted by molar-refractivity contribution is 5.76. The molecule has 0 bridgehead atoms. The molecule has 1 aliphatic carbocycles. The Balaban J connectivity index is 2.22. The van der Waals surface area contributed by atoms with Gasteiger partial charge in [0.1, 0.15) is 0 Å². The summed E-state index contributed by atoms with van der Waals surface area (Å²) in [5.41, 5.74) is 20.8. The summed E-state index contributed by atoms with van der Waals surface area (Å²) in [5.74, 6) is 0. The highest BCUT2D eigenvalue weighted by Gasteiger charge is 2.05. The third kappa shape index (κ3) is 2.57. The van der Waals surface area contributed by atoms with Crippen LogP contribution in [0.5, 0.6) is 0 Å². The van der Waals surface area contributed by atoms with Crippen LogP contribution in [0.15, 0.2) is 48.7 Å². The van der Waals surface area contributed by atoms with Crippen LogP contribution in [0.25, 0.3) is 11.3 Å². The van der Waals surface area contributed by atoms with Crippen molar-refractivity contribution in [1.29, 1.82) is 0 Å². The molecule has 0 amide bonds. The van der Waals surface area contributed by atoms with Crippen LogP contribution in [-0.2, 0) is 0 Å². The fourth-order valence-electron chi connectivity index (χ4n) is 1.80. The summed E-state index contributed by atoms with van der Waals surface area (Å²) in [6, 6.07) is 8.17. The van der Waals surface area contributed by atoms with Gasteiger partial charge in [0.15, 0.2) is 0 Å².